The van der Waals surface area contributed by atoms with E-state index in [9.17, 15) is 9.18 Å². The summed E-state index contributed by atoms with van der Waals surface area (Å²) >= 11 is 3.07. The van der Waals surface area contributed by atoms with Crippen LogP contribution >= 0.6 is 15.9 Å². The third-order valence-electron chi connectivity index (χ3n) is 2.60. The highest BCUT2D eigenvalue weighted by molar-refractivity contribution is 9.10. The highest BCUT2D eigenvalue weighted by atomic mass is 79.9. The van der Waals surface area contributed by atoms with E-state index in [1.165, 1.54) is 6.07 Å². The van der Waals surface area contributed by atoms with E-state index in [4.69, 9.17) is 5.73 Å². The Morgan fingerprint density at radius 1 is 1.17 bits per heavy atom. The first kappa shape index (κ1) is 12.8. The molecule has 2 aromatic carbocycles. The summed E-state index contributed by atoms with van der Waals surface area (Å²) in [6.07, 6.45) is 0.160. The van der Waals surface area contributed by atoms with Crippen LogP contribution in [0.2, 0.25) is 0 Å². The monoisotopic (exact) mass is 307 g/mol. The summed E-state index contributed by atoms with van der Waals surface area (Å²) in [5.41, 5.74) is 7.11. The van der Waals surface area contributed by atoms with E-state index >= 15 is 0 Å². The lowest BCUT2D eigenvalue weighted by atomic mass is 10.0. The minimum atomic E-state index is -0.516. The number of rotatable bonds is 3. The maximum Gasteiger partial charge on any atom is 0.170 e. The lowest BCUT2D eigenvalue weighted by molar-refractivity contribution is 0.0989. The van der Waals surface area contributed by atoms with E-state index in [1.807, 2.05) is 0 Å². The van der Waals surface area contributed by atoms with Crippen LogP contribution in [0.5, 0.6) is 0 Å². The van der Waals surface area contributed by atoms with Gasteiger partial charge in [0.15, 0.2) is 5.78 Å². The molecule has 0 aromatic heterocycles. The van der Waals surface area contributed by atoms with Crippen LogP contribution < -0.4 is 5.73 Å². The van der Waals surface area contributed by atoms with Crippen molar-refractivity contribution >= 4 is 27.4 Å². The number of nitrogen functional groups attached to an aromatic ring is 1. The first-order valence-corrected chi connectivity index (χ1v) is 6.19. The molecule has 0 amide bonds. The van der Waals surface area contributed by atoms with Gasteiger partial charge in [0.2, 0.25) is 0 Å². The zero-order chi connectivity index (χ0) is 13.1. The summed E-state index contributed by atoms with van der Waals surface area (Å²) < 4.78 is 14.0. The minimum Gasteiger partial charge on any atom is -0.399 e. The number of Topliss-reactive ketones (excluding diaryl/α,β-unsaturated/α-hetero) is 1. The van der Waals surface area contributed by atoms with Gasteiger partial charge in [-0.3, -0.25) is 4.79 Å². The Kier molecular flexibility index (Phi) is 3.77. The molecule has 2 nitrogen and oxygen atoms in total. The SMILES string of the molecule is Nc1ccc(CC(=O)c2cccc(Br)c2F)cc1. The number of benzene rings is 2. The van der Waals surface area contributed by atoms with Crippen molar-refractivity contribution in [2.45, 2.75) is 6.42 Å². The van der Waals surface area contributed by atoms with Gasteiger partial charge >= 0.3 is 0 Å². The molecule has 2 N–H and O–H groups in total. The fourth-order valence-corrected chi connectivity index (χ4v) is 2.00. The molecule has 0 radical (unpaired) electrons. The van der Waals surface area contributed by atoms with E-state index in [2.05, 4.69) is 15.9 Å². The second-order valence-electron chi connectivity index (χ2n) is 3.94. The maximum absolute atomic E-state index is 13.7. The molecule has 0 aliphatic heterocycles. The molecular formula is C14H11BrFNO. The molecule has 0 saturated heterocycles. The molecule has 2 aromatic rings. The van der Waals surface area contributed by atoms with Crippen molar-refractivity contribution < 1.29 is 9.18 Å². The van der Waals surface area contributed by atoms with Crippen molar-refractivity contribution in [3.63, 3.8) is 0 Å². The van der Waals surface area contributed by atoms with Crippen molar-refractivity contribution in [3.05, 3.63) is 63.9 Å². The van der Waals surface area contributed by atoms with Gasteiger partial charge in [-0.25, -0.2) is 4.39 Å². The molecule has 92 valence electrons. The average Bonchev–Trinajstić information content (AvgIpc) is 2.35. The van der Waals surface area contributed by atoms with Gasteiger partial charge in [-0.15, -0.1) is 0 Å². The summed E-state index contributed by atoms with van der Waals surface area (Å²) in [4.78, 5) is 12.0. The van der Waals surface area contributed by atoms with E-state index in [-0.39, 0.29) is 17.8 Å². The molecule has 0 atom stereocenters. The molecular weight excluding hydrogens is 297 g/mol. The van der Waals surface area contributed by atoms with E-state index in [0.29, 0.717) is 10.2 Å². The topological polar surface area (TPSA) is 43.1 Å². The second kappa shape index (κ2) is 5.31. The second-order valence-corrected chi connectivity index (χ2v) is 4.80. The quantitative estimate of drug-likeness (QED) is 0.695. The first-order chi connectivity index (χ1) is 8.58. The zero-order valence-electron chi connectivity index (χ0n) is 9.49. The normalized spacial score (nSPS) is 10.3. The van der Waals surface area contributed by atoms with Gasteiger partial charge < -0.3 is 5.73 Å². The number of nitrogens with two attached hydrogens (primary N) is 1. The third-order valence-corrected chi connectivity index (χ3v) is 3.21. The molecule has 0 fully saturated rings. The highest BCUT2D eigenvalue weighted by Gasteiger charge is 2.14. The molecule has 0 spiro atoms. The molecule has 2 rings (SSSR count). The number of hydrogen-bond donors (Lipinski definition) is 1. The van der Waals surface area contributed by atoms with Gasteiger partial charge in [0.05, 0.1) is 10.0 Å². The zero-order valence-corrected chi connectivity index (χ0v) is 11.1. The van der Waals surface area contributed by atoms with Crippen molar-refractivity contribution in [1.29, 1.82) is 0 Å². The summed E-state index contributed by atoms with van der Waals surface area (Å²) in [6, 6.07) is 11.7. The van der Waals surface area contributed by atoms with Crippen LogP contribution in [0.15, 0.2) is 46.9 Å². The Hall–Kier alpha value is -1.68. The van der Waals surface area contributed by atoms with Crippen LogP contribution in [0.3, 0.4) is 0 Å². The Morgan fingerprint density at radius 2 is 1.83 bits per heavy atom. The predicted octanol–water partition coefficient (Wildman–Crippen LogP) is 3.60. The van der Waals surface area contributed by atoms with Crippen molar-refractivity contribution in [3.8, 4) is 0 Å². The Bertz CT molecular complexity index is 581. The molecule has 0 unspecified atom stereocenters. The average molecular weight is 308 g/mol. The van der Waals surface area contributed by atoms with E-state index in [0.717, 1.165) is 5.56 Å². The van der Waals surface area contributed by atoms with Crippen molar-refractivity contribution in [1.82, 2.24) is 0 Å². The summed E-state index contributed by atoms with van der Waals surface area (Å²) in [5, 5.41) is 0. The third kappa shape index (κ3) is 2.76. The van der Waals surface area contributed by atoms with Crippen LogP contribution in [0.4, 0.5) is 10.1 Å². The Labute approximate surface area is 113 Å². The number of anilines is 1. The fraction of sp³-hybridized carbons (Fsp3) is 0.0714. The standard InChI is InChI=1S/C14H11BrFNO/c15-12-3-1-2-11(14(12)16)13(18)8-9-4-6-10(17)7-5-9/h1-7H,8,17H2. The summed E-state index contributed by atoms with van der Waals surface area (Å²) in [5.74, 6) is -0.767. The molecule has 0 bridgehead atoms. The fourth-order valence-electron chi connectivity index (χ4n) is 1.64. The lowest BCUT2D eigenvalue weighted by Gasteiger charge is -2.04. The van der Waals surface area contributed by atoms with Gasteiger partial charge in [-0.1, -0.05) is 18.2 Å². The molecule has 0 aliphatic rings. The van der Waals surface area contributed by atoms with Gasteiger partial charge in [0, 0.05) is 12.1 Å². The minimum absolute atomic E-state index is 0.0983. The largest absolute Gasteiger partial charge is 0.399 e. The maximum atomic E-state index is 13.7. The summed E-state index contributed by atoms with van der Waals surface area (Å²) in [6.45, 7) is 0. The van der Waals surface area contributed by atoms with E-state index < -0.39 is 5.82 Å². The van der Waals surface area contributed by atoms with Crippen LogP contribution in [-0.4, -0.2) is 5.78 Å². The number of halogens is 2. The van der Waals surface area contributed by atoms with Crippen LogP contribution in [0.25, 0.3) is 0 Å². The van der Waals surface area contributed by atoms with Gasteiger partial charge in [-0.05, 0) is 45.8 Å². The first-order valence-electron chi connectivity index (χ1n) is 5.39. The number of carbonyl (C=O) groups excluding carboxylic acids is 1. The molecule has 0 heterocycles. The van der Waals surface area contributed by atoms with Gasteiger partial charge in [0.1, 0.15) is 5.82 Å². The number of ketones is 1. The number of carbonyl (C=O) groups is 1. The highest BCUT2D eigenvalue weighted by Crippen LogP contribution is 2.20. The van der Waals surface area contributed by atoms with Crippen molar-refractivity contribution in [2.75, 3.05) is 5.73 Å². The van der Waals surface area contributed by atoms with Crippen molar-refractivity contribution in [2.24, 2.45) is 0 Å². The van der Waals surface area contributed by atoms with Crippen LogP contribution in [-0.2, 0) is 6.42 Å². The lowest BCUT2D eigenvalue weighted by Crippen LogP contribution is -2.06. The Balaban J connectivity index is 2.22. The molecule has 0 aliphatic carbocycles. The Morgan fingerprint density at radius 3 is 2.50 bits per heavy atom. The van der Waals surface area contributed by atoms with Crippen LogP contribution in [0.1, 0.15) is 15.9 Å². The molecule has 18 heavy (non-hydrogen) atoms. The van der Waals surface area contributed by atoms with Crippen LogP contribution in [0, 0.1) is 5.82 Å². The smallest absolute Gasteiger partial charge is 0.170 e. The van der Waals surface area contributed by atoms with Gasteiger partial charge in [-0.2, -0.15) is 0 Å². The number of hydrogen-bond acceptors (Lipinski definition) is 2. The molecule has 0 saturated carbocycles. The molecule has 4 heteroatoms. The summed E-state index contributed by atoms with van der Waals surface area (Å²) in [7, 11) is 0. The van der Waals surface area contributed by atoms with Gasteiger partial charge in [0.25, 0.3) is 0 Å². The predicted molar refractivity (Wildman–Crippen MR) is 73.0 cm³/mol. The van der Waals surface area contributed by atoms with E-state index in [1.54, 1.807) is 36.4 Å².